The lowest BCUT2D eigenvalue weighted by atomic mass is 9.99. The van der Waals surface area contributed by atoms with Gasteiger partial charge in [-0.1, -0.05) is 33.1 Å². The van der Waals surface area contributed by atoms with Gasteiger partial charge in [0.25, 0.3) is 15.6 Å². The van der Waals surface area contributed by atoms with Crippen LogP contribution in [0.2, 0.25) is 0 Å². The highest BCUT2D eigenvalue weighted by molar-refractivity contribution is 7.92. The van der Waals surface area contributed by atoms with Crippen LogP contribution in [0.1, 0.15) is 61.0 Å². The first-order chi connectivity index (χ1) is 19.6. The Balaban J connectivity index is 1.85. The Labute approximate surface area is 239 Å². The quantitative estimate of drug-likeness (QED) is 0.198. The summed E-state index contributed by atoms with van der Waals surface area (Å²) in [6.45, 7) is 5.87. The number of aromatic nitrogens is 1. The maximum Gasteiger partial charge on any atom is 0.337 e. The number of carbonyl (C=O) groups excluding carboxylic acids is 1. The van der Waals surface area contributed by atoms with Crippen LogP contribution in [-0.4, -0.2) is 31.2 Å². The number of carbonyl (C=O) groups is 1. The third-order valence-electron chi connectivity index (χ3n) is 6.72. The van der Waals surface area contributed by atoms with E-state index in [1.165, 1.54) is 67.1 Å². The fourth-order valence-electron chi connectivity index (χ4n) is 4.21. The molecule has 0 bridgehead atoms. The Morgan fingerprint density at radius 3 is 2.34 bits per heavy atom. The number of azo groups is 1. The first kappa shape index (κ1) is 31.0. The van der Waals surface area contributed by atoms with Crippen molar-refractivity contribution in [1.29, 1.82) is 5.26 Å². The van der Waals surface area contributed by atoms with E-state index in [1.807, 2.05) is 13.0 Å². The smallest absolute Gasteiger partial charge is 0.337 e. The fourth-order valence-corrected chi connectivity index (χ4v) is 5.27. The third kappa shape index (κ3) is 7.37. The molecule has 0 aliphatic heterocycles. The number of pyridine rings is 1. The molecule has 1 atom stereocenters. The van der Waals surface area contributed by atoms with Crippen molar-refractivity contribution in [2.45, 2.75) is 57.9 Å². The summed E-state index contributed by atoms with van der Waals surface area (Å²) in [6, 6.07) is 13.2. The molecule has 1 heterocycles. The zero-order chi connectivity index (χ0) is 30.2. The van der Waals surface area contributed by atoms with Crippen LogP contribution in [0.4, 0.5) is 17.1 Å². The van der Waals surface area contributed by atoms with Crippen LogP contribution in [0, 0.1) is 24.2 Å². The molecule has 216 valence electrons. The first-order valence-electron chi connectivity index (χ1n) is 13.2. The molecule has 3 rings (SSSR count). The summed E-state index contributed by atoms with van der Waals surface area (Å²) in [5, 5.41) is 28.8. The fraction of sp³-hybridized carbons (Fsp3) is 0.345. The lowest BCUT2D eigenvalue weighted by Crippen LogP contribution is -2.27. The lowest BCUT2D eigenvalue weighted by Gasteiger charge is -2.19. The van der Waals surface area contributed by atoms with Crippen molar-refractivity contribution >= 4 is 33.1 Å². The minimum Gasteiger partial charge on any atom is -0.493 e. The van der Waals surface area contributed by atoms with Gasteiger partial charge in [0.15, 0.2) is 5.69 Å². The number of nitrogens with zero attached hydrogens (tertiary/aromatic N) is 4. The number of nitrogens with one attached hydrogen (secondary N) is 1. The molecule has 0 spiro atoms. The molecule has 2 N–H and O–H groups in total. The van der Waals surface area contributed by atoms with E-state index >= 15 is 0 Å². The summed E-state index contributed by atoms with van der Waals surface area (Å²) in [4.78, 5) is 24.5. The van der Waals surface area contributed by atoms with E-state index in [1.54, 1.807) is 0 Å². The second-order valence-corrected chi connectivity index (χ2v) is 11.2. The van der Waals surface area contributed by atoms with E-state index in [-0.39, 0.29) is 57.0 Å². The maximum atomic E-state index is 12.9. The minimum absolute atomic E-state index is 0.000242. The molecule has 2 aromatic carbocycles. The highest BCUT2D eigenvalue weighted by Crippen LogP contribution is 2.33. The molecular weight excluding hydrogens is 546 g/mol. The van der Waals surface area contributed by atoms with Gasteiger partial charge in [0.1, 0.15) is 11.6 Å². The molecule has 0 saturated heterocycles. The molecule has 41 heavy (non-hydrogen) atoms. The van der Waals surface area contributed by atoms with Crippen molar-refractivity contribution in [1.82, 2.24) is 4.57 Å². The van der Waals surface area contributed by atoms with Crippen molar-refractivity contribution in [2.24, 2.45) is 16.1 Å². The van der Waals surface area contributed by atoms with Crippen LogP contribution in [0.15, 0.2) is 68.4 Å². The summed E-state index contributed by atoms with van der Waals surface area (Å²) >= 11 is 0. The van der Waals surface area contributed by atoms with Gasteiger partial charge in [-0.3, -0.25) is 14.1 Å². The van der Waals surface area contributed by atoms with Crippen LogP contribution >= 0.6 is 0 Å². The number of methoxy groups -OCH3 is 1. The minimum atomic E-state index is -3.94. The zero-order valence-corrected chi connectivity index (χ0v) is 24.2. The molecule has 1 unspecified atom stereocenters. The Hall–Kier alpha value is -4.50. The van der Waals surface area contributed by atoms with E-state index in [2.05, 4.69) is 26.6 Å². The van der Waals surface area contributed by atoms with E-state index in [9.17, 15) is 28.4 Å². The molecular formula is C29H33N5O6S. The van der Waals surface area contributed by atoms with Gasteiger partial charge < -0.3 is 9.84 Å². The molecule has 0 aliphatic rings. The van der Waals surface area contributed by atoms with E-state index in [0.717, 1.165) is 25.7 Å². The highest BCUT2D eigenvalue weighted by Gasteiger charge is 2.21. The van der Waals surface area contributed by atoms with Gasteiger partial charge in [-0.15, -0.1) is 5.11 Å². The highest BCUT2D eigenvalue weighted by atomic mass is 32.2. The van der Waals surface area contributed by atoms with Crippen molar-refractivity contribution < 1.29 is 23.1 Å². The number of hydrogen-bond donors (Lipinski definition) is 2. The second kappa shape index (κ2) is 13.7. The number of nitriles is 1. The van der Waals surface area contributed by atoms with Gasteiger partial charge in [-0.05, 0) is 67.8 Å². The average molecular weight is 580 g/mol. The second-order valence-electron chi connectivity index (χ2n) is 9.48. The average Bonchev–Trinajstić information content (AvgIpc) is 2.97. The van der Waals surface area contributed by atoms with Crippen LogP contribution < -0.4 is 10.3 Å². The topological polar surface area (TPSA) is 163 Å². The molecule has 1 aromatic heterocycles. The number of hydrogen-bond acceptors (Lipinski definition) is 9. The van der Waals surface area contributed by atoms with Crippen molar-refractivity contribution in [3.63, 3.8) is 0 Å². The molecule has 0 saturated carbocycles. The van der Waals surface area contributed by atoms with Crippen molar-refractivity contribution in [3.05, 3.63) is 75.6 Å². The Kier molecular flexibility index (Phi) is 10.4. The van der Waals surface area contributed by atoms with Gasteiger partial charge in [-0.2, -0.15) is 10.4 Å². The van der Waals surface area contributed by atoms with Crippen LogP contribution in [0.25, 0.3) is 0 Å². The van der Waals surface area contributed by atoms with Crippen LogP contribution in [0.3, 0.4) is 0 Å². The SMILES string of the molecule is CCCCC(CC)Cn1c(O)c(/N=N/c2ccc(S(=O)(=O)Nc3ccc(C(=O)OC)cc3)cc2)c(C)c(C#N)c1=O. The predicted octanol–water partition coefficient (Wildman–Crippen LogP) is 5.95. The standard InChI is InChI=1S/C29H33N5O6S/c1-5-7-8-20(6-2)18-34-27(35)25(17-30)19(3)26(28(34)36)32-31-22-13-15-24(16-14-22)41(38,39)33-23-11-9-21(10-12-23)29(37)40-4/h9-16,20,33,36H,5-8,18H2,1-4H3/b32-31+. The Morgan fingerprint density at radius 2 is 1.78 bits per heavy atom. The predicted molar refractivity (Wildman–Crippen MR) is 154 cm³/mol. The van der Waals surface area contributed by atoms with Crippen molar-refractivity contribution in [2.75, 3.05) is 11.8 Å². The van der Waals surface area contributed by atoms with Gasteiger partial charge in [0, 0.05) is 17.8 Å². The third-order valence-corrected chi connectivity index (χ3v) is 8.12. The number of benzene rings is 2. The number of sulfonamides is 1. The molecule has 0 amide bonds. The van der Waals surface area contributed by atoms with Gasteiger partial charge in [0.05, 0.1) is 23.3 Å². The molecule has 11 nitrogen and oxygen atoms in total. The van der Waals surface area contributed by atoms with E-state index < -0.39 is 21.6 Å². The monoisotopic (exact) mass is 579 g/mol. The van der Waals surface area contributed by atoms with E-state index in [4.69, 9.17) is 0 Å². The molecule has 0 radical (unpaired) electrons. The van der Waals surface area contributed by atoms with Crippen LogP contribution in [0.5, 0.6) is 5.88 Å². The summed E-state index contributed by atoms with van der Waals surface area (Å²) in [7, 11) is -2.69. The van der Waals surface area contributed by atoms with Crippen LogP contribution in [-0.2, 0) is 21.3 Å². The lowest BCUT2D eigenvalue weighted by molar-refractivity contribution is 0.0600. The first-order valence-corrected chi connectivity index (χ1v) is 14.6. The summed E-state index contributed by atoms with van der Waals surface area (Å²) < 4.78 is 33.9. The van der Waals surface area contributed by atoms with Gasteiger partial charge in [-0.25, -0.2) is 13.2 Å². The normalized spacial score (nSPS) is 12.2. The Morgan fingerprint density at radius 1 is 1.12 bits per heavy atom. The summed E-state index contributed by atoms with van der Waals surface area (Å²) in [5.74, 6) is -0.759. The van der Waals surface area contributed by atoms with Crippen molar-refractivity contribution in [3.8, 4) is 11.9 Å². The summed E-state index contributed by atoms with van der Waals surface area (Å²) in [5.41, 5.74) is 0.350. The summed E-state index contributed by atoms with van der Waals surface area (Å²) in [6.07, 6.45) is 3.69. The number of anilines is 1. The number of rotatable bonds is 12. The van der Waals surface area contributed by atoms with Gasteiger partial charge in [0.2, 0.25) is 5.88 Å². The number of aromatic hydroxyl groups is 1. The molecule has 0 aliphatic carbocycles. The van der Waals surface area contributed by atoms with E-state index in [0.29, 0.717) is 0 Å². The molecule has 0 fully saturated rings. The number of ether oxygens (including phenoxy) is 1. The number of unbranched alkanes of at least 4 members (excludes halogenated alkanes) is 1. The Bertz CT molecular complexity index is 1620. The molecule has 3 aromatic rings. The molecule has 12 heteroatoms. The van der Waals surface area contributed by atoms with Gasteiger partial charge >= 0.3 is 5.97 Å². The maximum absolute atomic E-state index is 12.9. The number of esters is 1. The largest absolute Gasteiger partial charge is 0.493 e. The zero-order valence-electron chi connectivity index (χ0n) is 23.4.